The molecule has 0 saturated carbocycles. The normalized spacial score (nSPS) is 12.4. The van der Waals surface area contributed by atoms with E-state index >= 15 is 0 Å². The molecule has 1 atom stereocenters. The molecule has 0 fully saturated rings. The monoisotopic (exact) mass is 347 g/mol. The molecule has 0 aliphatic heterocycles. The second-order valence-corrected chi connectivity index (χ2v) is 7.80. The van der Waals surface area contributed by atoms with Gasteiger partial charge in [0.25, 0.3) is 0 Å². The third-order valence-corrected chi connectivity index (χ3v) is 5.11. The van der Waals surface area contributed by atoms with Crippen molar-refractivity contribution < 1.29 is 17.9 Å². The summed E-state index contributed by atoms with van der Waals surface area (Å²) in [7, 11) is -3.32. The summed E-state index contributed by atoms with van der Waals surface area (Å²) in [5.41, 5.74) is 0.873. The van der Waals surface area contributed by atoms with Crippen molar-refractivity contribution in [2.24, 2.45) is 0 Å². The second-order valence-electron chi connectivity index (χ2n) is 5.45. The summed E-state index contributed by atoms with van der Waals surface area (Å²) in [6.07, 6.45) is 0. The van der Waals surface area contributed by atoms with Gasteiger partial charge in [-0.25, -0.2) is 8.42 Å². The number of benzene rings is 2. The molecule has 0 bridgehead atoms. The van der Waals surface area contributed by atoms with Gasteiger partial charge in [-0.05, 0) is 36.8 Å². The Bertz CT molecular complexity index is 770. The van der Waals surface area contributed by atoms with Crippen LogP contribution in [0.1, 0.15) is 25.5 Å². The number of para-hydroxylation sites is 1. The highest BCUT2D eigenvalue weighted by Gasteiger charge is 2.16. The predicted molar refractivity (Wildman–Crippen MR) is 93.8 cm³/mol. The van der Waals surface area contributed by atoms with Gasteiger partial charge in [0, 0.05) is 5.75 Å². The second kappa shape index (κ2) is 7.97. The van der Waals surface area contributed by atoms with E-state index in [1.807, 2.05) is 61.5 Å². The zero-order chi connectivity index (χ0) is 17.6. The number of carbonyl (C=O) groups excluding carboxylic acids is 1. The van der Waals surface area contributed by atoms with Crippen LogP contribution >= 0.6 is 0 Å². The Kier molecular flexibility index (Phi) is 5.98. The average Bonchev–Trinajstić information content (AvgIpc) is 2.56. The van der Waals surface area contributed by atoms with Crippen molar-refractivity contribution in [2.75, 3.05) is 11.5 Å². The number of ether oxygens (including phenoxy) is 1. The number of carbonyl (C=O) groups is 1. The van der Waals surface area contributed by atoms with Crippen molar-refractivity contribution in [3.05, 3.63) is 60.2 Å². The first kappa shape index (κ1) is 18.0. The fraction of sp³-hybridized carbons (Fsp3) is 0.278. The lowest BCUT2D eigenvalue weighted by Crippen LogP contribution is -2.32. The summed E-state index contributed by atoms with van der Waals surface area (Å²) in [6, 6.07) is 16.5. The Balaban J connectivity index is 1.96. The zero-order valence-electron chi connectivity index (χ0n) is 13.7. The molecular formula is C18H21NO4S. The maximum absolute atomic E-state index is 11.8. The van der Waals surface area contributed by atoms with E-state index in [9.17, 15) is 13.2 Å². The summed E-state index contributed by atoms with van der Waals surface area (Å²) >= 11 is 0. The van der Waals surface area contributed by atoms with Gasteiger partial charge in [-0.3, -0.25) is 4.79 Å². The minimum absolute atomic E-state index is 0.0413. The summed E-state index contributed by atoms with van der Waals surface area (Å²) in [4.78, 5) is 11.8. The molecule has 5 nitrogen and oxygen atoms in total. The van der Waals surface area contributed by atoms with E-state index in [1.165, 1.54) is 6.92 Å². The molecule has 2 aromatic carbocycles. The SMILES string of the molecule is CCS(=O)(=O)CC(=O)N[C@@H](C)c1ccc(Oc2ccccc2)cc1. The highest BCUT2D eigenvalue weighted by atomic mass is 32.2. The van der Waals surface area contributed by atoms with E-state index in [0.717, 1.165) is 11.3 Å². The summed E-state index contributed by atoms with van der Waals surface area (Å²) < 4.78 is 28.6. The first-order valence-corrected chi connectivity index (χ1v) is 9.54. The smallest absolute Gasteiger partial charge is 0.235 e. The van der Waals surface area contributed by atoms with Crippen molar-refractivity contribution in [2.45, 2.75) is 19.9 Å². The van der Waals surface area contributed by atoms with Gasteiger partial charge in [0.15, 0.2) is 9.84 Å². The van der Waals surface area contributed by atoms with Crippen molar-refractivity contribution in [3.8, 4) is 11.5 Å². The van der Waals surface area contributed by atoms with Crippen LogP contribution in [0, 0.1) is 0 Å². The first-order valence-electron chi connectivity index (χ1n) is 7.72. The molecule has 24 heavy (non-hydrogen) atoms. The van der Waals surface area contributed by atoms with Crippen molar-refractivity contribution in [1.82, 2.24) is 5.32 Å². The molecule has 0 spiro atoms. The molecule has 0 unspecified atom stereocenters. The topological polar surface area (TPSA) is 72.5 Å². The fourth-order valence-electron chi connectivity index (χ4n) is 2.12. The highest BCUT2D eigenvalue weighted by Crippen LogP contribution is 2.23. The van der Waals surface area contributed by atoms with Crippen LogP contribution in [0.5, 0.6) is 11.5 Å². The summed E-state index contributed by atoms with van der Waals surface area (Å²) in [6.45, 7) is 3.33. The number of hydrogen-bond donors (Lipinski definition) is 1. The van der Waals surface area contributed by atoms with Gasteiger partial charge in [-0.1, -0.05) is 37.3 Å². The van der Waals surface area contributed by atoms with Gasteiger partial charge in [-0.2, -0.15) is 0 Å². The third-order valence-electron chi connectivity index (χ3n) is 3.53. The minimum Gasteiger partial charge on any atom is -0.457 e. The molecule has 0 aromatic heterocycles. The summed E-state index contributed by atoms with van der Waals surface area (Å²) in [5.74, 6) is 0.422. The van der Waals surface area contributed by atoms with E-state index in [1.54, 1.807) is 0 Å². The Hall–Kier alpha value is -2.34. The quantitative estimate of drug-likeness (QED) is 0.835. The van der Waals surface area contributed by atoms with Gasteiger partial charge < -0.3 is 10.1 Å². The molecule has 0 aliphatic rings. The number of amides is 1. The van der Waals surface area contributed by atoms with E-state index in [-0.39, 0.29) is 11.8 Å². The van der Waals surface area contributed by atoms with Crippen LogP contribution in [-0.4, -0.2) is 25.8 Å². The number of sulfone groups is 1. The van der Waals surface area contributed by atoms with Gasteiger partial charge >= 0.3 is 0 Å². The summed E-state index contributed by atoms with van der Waals surface area (Å²) in [5, 5.41) is 2.70. The Labute approximate surface area is 142 Å². The largest absolute Gasteiger partial charge is 0.457 e. The molecule has 0 saturated heterocycles. The Morgan fingerprint density at radius 1 is 1.04 bits per heavy atom. The molecule has 1 N–H and O–H groups in total. The molecule has 2 aromatic rings. The van der Waals surface area contributed by atoms with Gasteiger partial charge in [0.1, 0.15) is 17.3 Å². The standard InChI is InChI=1S/C18H21NO4S/c1-3-24(21,22)13-18(20)19-14(2)15-9-11-17(12-10-15)23-16-7-5-4-6-8-16/h4-12,14H,3,13H2,1-2H3,(H,19,20)/t14-/m0/s1. The lowest BCUT2D eigenvalue weighted by atomic mass is 10.1. The van der Waals surface area contributed by atoms with Crippen LogP contribution in [0.2, 0.25) is 0 Å². The zero-order valence-corrected chi connectivity index (χ0v) is 14.5. The van der Waals surface area contributed by atoms with Crippen molar-refractivity contribution >= 4 is 15.7 Å². The maximum atomic E-state index is 11.8. The predicted octanol–water partition coefficient (Wildman–Crippen LogP) is 3.09. The van der Waals surface area contributed by atoms with Crippen LogP contribution in [0.15, 0.2) is 54.6 Å². The van der Waals surface area contributed by atoms with E-state index < -0.39 is 21.5 Å². The molecule has 6 heteroatoms. The van der Waals surface area contributed by atoms with Crippen LogP contribution < -0.4 is 10.1 Å². The fourth-order valence-corrected chi connectivity index (χ4v) is 2.80. The maximum Gasteiger partial charge on any atom is 0.235 e. The van der Waals surface area contributed by atoms with Crippen molar-refractivity contribution in [1.29, 1.82) is 0 Å². The minimum atomic E-state index is -3.32. The molecule has 1 amide bonds. The van der Waals surface area contributed by atoms with E-state index in [2.05, 4.69) is 5.32 Å². The number of hydrogen-bond acceptors (Lipinski definition) is 4. The molecule has 128 valence electrons. The van der Waals surface area contributed by atoms with E-state index in [4.69, 9.17) is 4.74 Å². The lowest BCUT2D eigenvalue weighted by Gasteiger charge is -2.15. The van der Waals surface area contributed by atoms with Crippen LogP contribution in [-0.2, 0) is 14.6 Å². The number of rotatable bonds is 7. The van der Waals surface area contributed by atoms with Gasteiger partial charge in [-0.15, -0.1) is 0 Å². The van der Waals surface area contributed by atoms with Crippen LogP contribution in [0.3, 0.4) is 0 Å². The average molecular weight is 347 g/mol. The highest BCUT2D eigenvalue weighted by molar-refractivity contribution is 7.92. The lowest BCUT2D eigenvalue weighted by molar-refractivity contribution is -0.119. The molecule has 0 heterocycles. The van der Waals surface area contributed by atoms with E-state index in [0.29, 0.717) is 5.75 Å². The van der Waals surface area contributed by atoms with Crippen LogP contribution in [0.4, 0.5) is 0 Å². The Morgan fingerprint density at radius 3 is 2.21 bits per heavy atom. The Morgan fingerprint density at radius 2 is 1.62 bits per heavy atom. The molecule has 0 aliphatic carbocycles. The van der Waals surface area contributed by atoms with Crippen molar-refractivity contribution in [3.63, 3.8) is 0 Å². The van der Waals surface area contributed by atoms with Gasteiger partial charge in [0.05, 0.1) is 6.04 Å². The molecular weight excluding hydrogens is 326 g/mol. The van der Waals surface area contributed by atoms with Gasteiger partial charge in [0.2, 0.25) is 5.91 Å². The van der Waals surface area contributed by atoms with Crippen LogP contribution in [0.25, 0.3) is 0 Å². The molecule has 0 radical (unpaired) electrons. The third kappa shape index (κ3) is 5.38. The molecule has 2 rings (SSSR count). The number of nitrogens with one attached hydrogen (secondary N) is 1. The first-order chi connectivity index (χ1) is 11.4.